The number of nitrogens with zero attached hydrogens (tertiary/aromatic N) is 1. The van der Waals surface area contributed by atoms with Gasteiger partial charge in [-0.15, -0.1) is 0 Å². The lowest BCUT2D eigenvalue weighted by molar-refractivity contribution is -0.136. The average Bonchev–Trinajstić information content (AvgIpc) is 2.48. The van der Waals surface area contributed by atoms with E-state index in [1.807, 2.05) is 18.2 Å². The van der Waals surface area contributed by atoms with E-state index in [2.05, 4.69) is 5.16 Å². The summed E-state index contributed by atoms with van der Waals surface area (Å²) in [5, 5.41) is 20.6. The number of halogens is 1. The van der Waals surface area contributed by atoms with Gasteiger partial charge in [-0.25, -0.2) is 4.39 Å². The first-order chi connectivity index (χ1) is 10.1. The van der Waals surface area contributed by atoms with Gasteiger partial charge in [-0.05, 0) is 11.6 Å². The van der Waals surface area contributed by atoms with Crippen LogP contribution in [0.15, 0.2) is 53.7 Å². The minimum Gasteiger partial charge on any atom is -0.481 e. The van der Waals surface area contributed by atoms with Crippen LogP contribution in [0.4, 0.5) is 4.39 Å². The summed E-state index contributed by atoms with van der Waals surface area (Å²) < 4.78 is 14.2. The average molecular weight is 287 g/mol. The van der Waals surface area contributed by atoms with E-state index in [1.165, 1.54) is 6.07 Å². The number of carboxylic acid groups (broad SMARTS) is 1. The Kier molecular flexibility index (Phi) is 4.66. The lowest BCUT2D eigenvalue weighted by atomic mass is 10.00. The normalized spacial score (nSPS) is 11.4. The Morgan fingerprint density at radius 2 is 1.81 bits per heavy atom. The van der Waals surface area contributed by atoms with Gasteiger partial charge >= 0.3 is 5.97 Å². The first-order valence-electron chi connectivity index (χ1n) is 6.40. The smallest absolute Gasteiger partial charge is 0.303 e. The topological polar surface area (TPSA) is 69.9 Å². The highest BCUT2D eigenvalue weighted by molar-refractivity contribution is 6.01. The highest BCUT2D eigenvalue weighted by Gasteiger charge is 2.11. The fraction of sp³-hybridized carbons (Fsp3) is 0.125. The second-order valence-corrected chi connectivity index (χ2v) is 4.50. The molecule has 0 fully saturated rings. The van der Waals surface area contributed by atoms with Crippen molar-refractivity contribution in [1.82, 2.24) is 0 Å². The van der Waals surface area contributed by atoms with Gasteiger partial charge in [0, 0.05) is 17.5 Å². The van der Waals surface area contributed by atoms with Crippen LogP contribution in [0.1, 0.15) is 18.4 Å². The molecule has 108 valence electrons. The molecule has 0 aliphatic rings. The van der Waals surface area contributed by atoms with E-state index in [9.17, 15) is 9.18 Å². The zero-order valence-electron chi connectivity index (χ0n) is 11.2. The summed E-state index contributed by atoms with van der Waals surface area (Å²) in [5.74, 6) is -1.45. The fourth-order valence-electron chi connectivity index (χ4n) is 2.02. The minimum atomic E-state index is -1.00. The highest BCUT2D eigenvalue weighted by atomic mass is 19.1. The molecule has 0 aliphatic heterocycles. The van der Waals surface area contributed by atoms with Gasteiger partial charge in [0.1, 0.15) is 5.82 Å². The number of carboxylic acids is 1. The number of carbonyl (C=O) groups is 1. The number of benzene rings is 2. The molecule has 0 saturated heterocycles. The van der Waals surface area contributed by atoms with Gasteiger partial charge < -0.3 is 10.3 Å². The molecule has 0 aromatic heterocycles. The predicted molar refractivity (Wildman–Crippen MR) is 77.0 cm³/mol. The van der Waals surface area contributed by atoms with Crippen molar-refractivity contribution >= 4 is 11.7 Å². The first kappa shape index (κ1) is 14.7. The van der Waals surface area contributed by atoms with Crippen LogP contribution in [0.2, 0.25) is 0 Å². The molecule has 2 rings (SSSR count). The number of hydrogen-bond donors (Lipinski definition) is 2. The third-order valence-electron chi connectivity index (χ3n) is 3.08. The van der Waals surface area contributed by atoms with E-state index in [0.717, 1.165) is 5.56 Å². The van der Waals surface area contributed by atoms with Crippen LogP contribution in [0.25, 0.3) is 11.1 Å². The summed E-state index contributed by atoms with van der Waals surface area (Å²) in [6.07, 6.45) is -0.141. The van der Waals surface area contributed by atoms with Crippen molar-refractivity contribution < 1.29 is 19.5 Å². The molecule has 0 aliphatic carbocycles. The van der Waals surface area contributed by atoms with Crippen LogP contribution in [-0.2, 0) is 4.79 Å². The molecule has 21 heavy (non-hydrogen) atoms. The van der Waals surface area contributed by atoms with Gasteiger partial charge in [0.25, 0.3) is 0 Å². The molecular formula is C16H14FNO3. The maximum atomic E-state index is 14.2. The molecule has 0 unspecified atom stereocenters. The second kappa shape index (κ2) is 6.65. The van der Waals surface area contributed by atoms with Crippen molar-refractivity contribution in [2.75, 3.05) is 0 Å². The fourth-order valence-corrected chi connectivity index (χ4v) is 2.02. The van der Waals surface area contributed by atoms with Crippen LogP contribution in [0, 0.1) is 5.82 Å². The Balaban J connectivity index is 2.28. The summed E-state index contributed by atoms with van der Waals surface area (Å²) in [6.45, 7) is 0. The zero-order valence-corrected chi connectivity index (χ0v) is 11.2. The molecule has 0 spiro atoms. The van der Waals surface area contributed by atoms with E-state index >= 15 is 0 Å². The Hall–Kier alpha value is -2.69. The predicted octanol–water partition coefficient (Wildman–Crippen LogP) is 3.54. The number of oxime groups is 1. The van der Waals surface area contributed by atoms with Gasteiger partial charge in [-0.2, -0.15) is 0 Å². The van der Waals surface area contributed by atoms with Crippen LogP contribution < -0.4 is 0 Å². The Labute approximate surface area is 121 Å². The Bertz CT molecular complexity index is 668. The van der Waals surface area contributed by atoms with Crippen LogP contribution in [0.3, 0.4) is 0 Å². The number of aliphatic carboxylic acids is 1. The molecule has 0 amide bonds. The maximum Gasteiger partial charge on any atom is 0.303 e. The molecule has 2 N–H and O–H groups in total. The summed E-state index contributed by atoms with van der Waals surface area (Å²) in [6, 6.07) is 13.5. The minimum absolute atomic E-state index is 0.0377. The molecule has 0 bridgehead atoms. The summed E-state index contributed by atoms with van der Waals surface area (Å²) in [7, 11) is 0. The highest BCUT2D eigenvalue weighted by Crippen LogP contribution is 2.24. The van der Waals surface area contributed by atoms with Crippen molar-refractivity contribution in [2.45, 2.75) is 12.8 Å². The van der Waals surface area contributed by atoms with Gasteiger partial charge in [-0.1, -0.05) is 47.6 Å². The quantitative estimate of drug-likeness (QED) is 0.502. The van der Waals surface area contributed by atoms with Crippen molar-refractivity contribution in [1.29, 1.82) is 0 Å². The lowest BCUT2D eigenvalue weighted by Crippen LogP contribution is -2.06. The molecule has 2 aromatic rings. The summed E-state index contributed by atoms with van der Waals surface area (Å²) >= 11 is 0. The van der Waals surface area contributed by atoms with E-state index < -0.39 is 11.8 Å². The molecule has 0 atom stereocenters. The molecule has 5 heteroatoms. The third-order valence-corrected chi connectivity index (χ3v) is 3.08. The molecule has 4 nitrogen and oxygen atoms in total. The van der Waals surface area contributed by atoms with Gasteiger partial charge in [0.15, 0.2) is 0 Å². The second-order valence-electron chi connectivity index (χ2n) is 4.50. The van der Waals surface area contributed by atoms with Crippen molar-refractivity contribution in [2.24, 2.45) is 5.16 Å². The van der Waals surface area contributed by atoms with Gasteiger partial charge in [0.2, 0.25) is 0 Å². The standard InChI is InChI=1S/C16H14FNO3/c17-14-10-12(15(18-21)8-9-16(19)20)6-7-13(14)11-4-2-1-3-5-11/h1-7,10,21H,8-9H2,(H,19,20). The number of rotatable bonds is 5. The van der Waals surface area contributed by atoms with Gasteiger partial charge in [0.05, 0.1) is 12.1 Å². The molecule has 0 radical (unpaired) electrons. The van der Waals surface area contributed by atoms with Crippen LogP contribution in [-0.4, -0.2) is 22.0 Å². The lowest BCUT2D eigenvalue weighted by Gasteiger charge is -2.07. The third kappa shape index (κ3) is 3.66. The monoisotopic (exact) mass is 287 g/mol. The Morgan fingerprint density at radius 3 is 2.38 bits per heavy atom. The van der Waals surface area contributed by atoms with Crippen molar-refractivity contribution in [3.8, 4) is 11.1 Å². The van der Waals surface area contributed by atoms with E-state index in [1.54, 1.807) is 24.3 Å². The zero-order chi connectivity index (χ0) is 15.2. The van der Waals surface area contributed by atoms with E-state index in [4.69, 9.17) is 10.3 Å². The van der Waals surface area contributed by atoms with Gasteiger partial charge in [-0.3, -0.25) is 4.79 Å². The summed E-state index contributed by atoms with van der Waals surface area (Å²) in [5.41, 5.74) is 1.70. The van der Waals surface area contributed by atoms with Crippen LogP contribution in [0.5, 0.6) is 0 Å². The molecule has 2 aromatic carbocycles. The largest absolute Gasteiger partial charge is 0.481 e. The van der Waals surface area contributed by atoms with Crippen molar-refractivity contribution in [3.05, 3.63) is 59.9 Å². The van der Waals surface area contributed by atoms with Crippen molar-refractivity contribution in [3.63, 3.8) is 0 Å². The van der Waals surface area contributed by atoms with Crippen LogP contribution >= 0.6 is 0 Å². The Morgan fingerprint density at radius 1 is 1.10 bits per heavy atom. The molecular weight excluding hydrogens is 273 g/mol. The maximum absolute atomic E-state index is 14.2. The molecule has 0 saturated carbocycles. The summed E-state index contributed by atoms with van der Waals surface area (Å²) in [4.78, 5) is 10.5. The van der Waals surface area contributed by atoms with E-state index in [0.29, 0.717) is 11.1 Å². The number of hydrogen-bond acceptors (Lipinski definition) is 3. The van der Waals surface area contributed by atoms with E-state index in [-0.39, 0.29) is 18.6 Å². The molecule has 0 heterocycles. The first-order valence-corrected chi connectivity index (χ1v) is 6.40. The SMILES string of the molecule is O=C(O)CCC(=NO)c1ccc(-c2ccccc2)c(F)c1.